The van der Waals surface area contributed by atoms with Crippen LogP contribution >= 0.6 is 11.8 Å². The molecule has 1 aromatic heterocycles. The Labute approximate surface area is 121 Å². The van der Waals surface area contributed by atoms with Crippen LogP contribution in [-0.4, -0.2) is 26.4 Å². The van der Waals surface area contributed by atoms with E-state index in [1.54, 1.807) is 6.33 Å². The monoisotopic (exact) mass is 288 g/mol. The second kappa shape index (κ2) is 5.66. The van der Waals surface area contributed by atoms with Crippen LogP contribution in [0.3, 0.4) is 0 Å². The van der Waals surface area contributed by atoms with Crippen LogP contribution in [0.15, 0.2) is 35.7 Å². The van der Waals surface area contributed by atoms with E-state index in [-0.39, 0.29) is 5.91 Å². The SMILES string of the molecule is Cc1ccc(NC(=O)CSc2nncn2C2CC2)cc1. The third-order valence-corrected chi connectivity index (χ3v) is 4.11. The maximum Gasteiger partial charge on any atom is 0.234 e. The van der Waals surface area contributed by atoms with Crippen LogP contribution in [0.5, 0.6) is 0 Å². The first-order valence-corrected chi connectivity index (χ1v) is 7.60. The lowest BCUT2D eigenvalue weighted by atomic mass is 10.2. The predicted molar refractivity (Wildman–Crippen MR) is 78.8 cm³/mol. The van der Waals surface area contributed by atoms with Gasteiger partial charge in [0.15, 0.2) is 5.16 Å². The zero-order chi connectivity index (χ0) is 13.9. The lowest BCUT2D eigenvalue weighted by Crippen LogP contribution is -2.14. The van der Waals surface area contributed by atoms with Gasteiger partial charge >= 0.3 is 0 Å². The van der Waals surface area contributed by atoms with Crippen molar-refractivity contribution in [2.45, 2.75) is 31.0 Å². The van der Waals surface area contributed by atoms with Crippen molar-refractivity contribution >= 4 is 23.4 Å². The summed E-state index contributed by atoms with van der Waals surface area (Å²) in [5, 5.41) is 11.7. The molecule has 1 heterocycles. The summed E-state index contributed by atoms with van der Waals surface area (Å²) in [6, 6.07) is 8.31. The van der Waals surface area contributed by atoms with E-state index >= 15 is 0 Å². The normalized spacial score (nSPS) is 14.2. The van der Waals surface area contributed by atoms with Crippen molar-refractivity contribution in [3.05, 3.63) is 36.2 Å². The third kappa shape index (κ3) is 3.19. The number of rotatable bonds is 5. The Morgan fingerprint density at radius 3 is 2.85 bits per heavy atom. The van der Waals surface area contributed by atoms with Crippen molar-refractivity contribution < 1.29 is 4.79 Å². The standard InChI is InChI=1S/C14H16N4OS/c1-10-2-4-11(5-3-10)16-13(19)8-20-14-17-15-9-18(14)12-6-7-12/h2-5,9,12H,6-8H2,1H3,(H,16,19). The highest BCUT2D eigenvalue weighted by molar-refractivity contribution is 7.99. The molecule has 5 nitrogen and oxygen atoms in total. The number of hydrogen-bond acceptors (Lipinski definition) is 4. The van der Waals surface area contributed by atoms with Gasteiger partial charge in [-0.25, -0.2) is 0 Å². The Kier molecular flexibility index (Phi) is 3.73. The van der Waals surface area contributed by atoms with Gasteiger partial charge in [0.2, 0.25) is 5.91 Å². The van der Waals surface area contributed by atoms with E-state index in [9.17, 15) is 4.79 Å². The Hall–Kier alpha value is -1.82. The van der Waals surface area contributed by atoms with Gasteiger partial charge in [0.25, 0.3) is 0 Å². The quantitative estimate of drug-likeness (QED) is 0.859. The number of aryl methyl sites for hydroxylation is 1. The van der Waals surface area contributed by atoms with E-state index in [0.29, 0.717) is 11.8 Å². The number of amides is 1. The van der Waals surface area contributed by atoms with Crippen molar-refractivity contribution in [2.24, 2.45) is 0 Å². The van der Waals surface area contributed by atoms with Gasteiger partial charge in [-0.3, -0.25) is 4.79 Å². The highest BCUT2D eigenvalue weighted by atomic mass is 32.2. The molecule has 104 valence electrons. The molecule has 0 radical (unpaired) electrons. The van der Waals surface area contributed by atoms with Crippen LogP contribution in [0.1, 0.15) is 24.4 Å². The van der Waals surface area contributed by atoms with Gasteiger partial charge in [0.05, 0.1) is 5.75 Å². The van der Waals surface area contributed by atoms with Gasteiger partial charge in [-0.05, 0) is 31.9 Å². The van der Waals surface area contributed by atoms with Gasteiger partial charge in [0.1, 0.15) is 6.33 Å². The van der Waals surface area contributed by atoms with E-state index < -0.39 is 0 Å². The summed E-state index contributed by atoms with van der Waals surface area (Å²) < 4.78 is 2.06. The molecule has 1 fully saturated rings. The summed E-state index contributed by atoms with van der Waals surface area (Å²) in [6.45, 7) is 2.02. The van der Waals surface area contributed by atoms with Crippen LogP contribution in [-0.2, 0) is 4.79 Å². The van der Waals surface area contributed by atoms with Gasteiger partial charge < -0.3 is 9.88 Å². The van der Waals surface area contributed by atoms with Crippen molar-refractivity contribution in [2.75, 3.05) is 11.1 Å². The first-order valence-electron chi connectivity index (χ1n) is 6.61. The fourth-order valence-electron chi connectivity index (χ4n) is 1.90. The summed E-state index contributed by atoms with van der Waals surface area (Å²) in [7, 11) is 0. The second-order valence-electron chi connectivity index (χ2n) is 4.95. The Morgan fingerprint density at radius 1 is 1.40 bits per heavy atom. The number of carbonyl (C=O) groups excluding carboxylic acids is 1. The Morgan fingerprint density at radius 2 is 2.15 bits per heavy atom. The molecule has 0 bridgehead atoms. The van der Waals surface area contributed by atoms with E-state index in [1.165, 1.54) is 30.2 Å². The lowest BCUT2D eigenvalue weighted by molar-refractivity contribution is -0.113. The molecular formula is C14H16N4OS. The van der Waals surface area contributed by atoms with E-state index in [2.05, 4.69) is 20.1 Å². The predicted octanol–water partition coefficient (Wildman–Crippen LogP) is 2.65. The highest BCUT2D eigenvalue weighted by Gasteiger charge is 2.26. The molecule has 3 rings (SSSR count). The summed E-state index contributed by atoms with van der Waals surface area (Å²) in [5.74, 6) is 0.323. The second-order valence-corrected chi connectivity index (χ2v) is 5.90. The first kappa shape index (κ1) is 13.2. The van der Waals surface area contributed by atoms with Gasteiger partial charge in [0, 0.05) is 11.7 Å². The molecule has 0 saturated heterocycles. The Balaban J connectivity index is 1.54. The molecule has 0 aliphatic heterocycles. The maximum atomic E-state index is 11.9. The van der Waals surface area contributed by atoms with E-state index in [1.807, 2.05) is 31.2 Å². The zero-order valence-electron chi connectivity index (χ0n) is 11.2. The molecule has 1 aliphatic carbocycles. The number of aromatic nitrogens is 3. The fraction of sp³-hybridized carbons (Fsp3) is 0.357. The number of carbonyl (C=O) groups is 1. The largest absolute Gasteiger partial charge is 0.325 e. The minimum absolute atomic E-state index is 0.0239. The van der Waals surface area contributed by atoms with Crippen LogP contribution < -0.4 is 5.32 Å². The molecular weight excluding hydrogens is 272 g/mol. The van der Waals surface area contributed by atoms with Crippen molar-refractivity contribution in [3.8, 4) is 0 Å². The molecule has 0 unspecified atom stereocenters. The number of nitrogens with zero attached hydrogens (tertiary/aromatic N) is 3. The van der Waals surface area contributed by atoms with Gasteiger partial charge in [-0.2, -0.15) is 0 Å². The topological polar surface area (TPSA) is 59.8 Å². The number of thioether (sulfide) groups is 1. The Bertz CT molecular complexity index is 604. The molecule has 6 heteroatoms. The molecule has 1 aliphatic rings. The first-order chi connectivity index (χ1) is 9.72. The summed E-state index contributed by atoms with van der Waals surface area (Å²) >= 11 is 1.43. The van der Waals surface area contributed by atoms with Crippen LogP contribution in [0.4, 0.5) is 5.69 Å². The molecule has 20 heavy (non-hydrogen) atoms. The number of hydrogen-bond donors (Lipinski definition) is 1. The van der Waals surface area contributed by atoms with Crippen molar-refractivity contribution in [1.29, 1.82) is 0 Å². The highest BCUT2D eigenvalue weighted by Crippen LogP contribution is 2.37. The van der Waals surface area contributed by atoms with Gasteiger partial charge in [-0.15, -0.1) is 10.2 Å². The van der Waals surface area contributed by atoms with Gasteiger partial charge in [-0.1, -0.05) is 29.5 Å². The minimum atomic E-state index is -0.0239. The smallest absolute Gasteiger partial charge is 0.234 e. The summed E-state index contributed by atoms with van der Waals surface area (Å²) in [5.41, 5.74) is 2.00. The zero-order valence-corrected chi connectivity index (χ0v) is 12.1. The molecule has 2 aromatic rings. The third-order valence-electron chi connectivity index (χ3n) is 3.15. The lowest BCUT2D eigenvalue weighted by Gasteiger charge is -2.06. The van der Waals surface area contributed by atoms with Crippen LogP contribution in [0.25, 0.3) is 0 Å². The molecule has 1 saturated carbocycles. The van der Waals surface area contributed by atoms with E-state index in [4.69, 9.17) is 0 Å². The average molecular weight is 288 g/mol. The maximum absolute atomic E-state index is 11.9. The average Bonchev–Trinajstić information content (AvgIpc) is 3.18. The number of anilines is 1. The van der Waals surface area contributed by atoms with Crippen molar-refractivity contribution in [1.82, 2.24) is 14.8 Å². The molecule has 1 aromatic carbocycles. The van der Waals surface area contributed by atoms with Crippen LogP contribution in [0, 0.1) is 6.92 Å². The minimum Gasteiger partial charge on any atom is -0.325 e. The fourth-order valence-corrected chi connectivity index (χ4v) is 2.69. The number of benzene rings is 1. The molecule has 1 amide bonds. The van der Waals surface area contributed by atoms with Crippen molar-refractivity contribution in [3.63, 3.8) is 0 Å². The molecule has 1 N–H and O–H groups in total. The molecule has 0 atom stereocenters. The number of nitrogens with one attached hydrogen (secondary N) is 1. The van der Waals surface area contributed by atoms with E-state index in [0.717, 1.165) is 10.8 Å². The summed E-state index contributed by atoms with van der Waals surface area (Å²) in [4.78, 5) is 11.9. The summed E-state index contributed by atoms with van der Waals surface area (Å²) in [6.07, 6.45) is 4.11. The van der Waals surface area contributed by atoms with Crippen LogP contribution in [0.2, 0.25) is 0 Å². The molecule has 0 spiro atoms.